The lowest BCUT2D eigenvalue weighted by Crippen LogP contribution is -2.33. The second-order valence-electron chi connectivity index (χ2n) is 5.58. The largest absolute Gasteiger partial charge is 0.350 e. The number of hydrogen-bond acceptors (Lipinski definition) is 6. The van der Waals surface area contributed by atoms with Gasteiger partial charge in [0.25, 0.3) is 11.1 Å². The molecule has 2 aliphatic heterocycles. The number of imide groups is 1. The van der Waals surface area contributed by atoms with Crippen molar-refractivity contribution >= 4 is 28.8 Å². The van der Waals surface area contributed by atoms with Crippen molar-refractivity contribution in [3.05, 3.63) is 35.4 Å². The Morgan fingerprint density at radius 1 is 1.29 bits per heavy atom. The molecule has 2 fully saturated rings. The molecule has 0 spiro atoms. The standard InChI is InChI=1S/C16H18N2O5S/c19-13-10-24-16(21)18(13)9-11-4-6-12(7-5-11)15(20)17-23-14-3-1-2-8-22-14/h4-7,14H,1-3,8-10H2,(H,17,20). The molecule has 7 nitrogen and oxygen atoms in total. The molecule has 8 heteroatoms. The average Bonchev–Trinajstić information content (AvgIpc) is 2.93. The summed E-state index contributed by atoms with van der Waals surface area (Å²) in [6.45, 7) is 0.862. The monoisotopic (exact) mass is 350 g/mol. The first kappa shape index (κ1) is 16.9. The van der Waals surface area contributed by atoms with Crippen LogP contribution >= 0.6 is 11.8 Å². The van der Waals surface area contributed by atoms with E-state index >= 15 is 0 Å². The zero-order chi connectivity index (χ0) is 16.9. The highest BCUT2D eigenvalue weighted by Crippen LogP contribution is 2.21. The molecule has 1 atom stereocenters. The van der Waals surface area contributed by atoms with Gasteiger partial charge in [0.1, 0.15) is 0 Å². The second-order valence-corrected chi connectivity index (χ2v) is 6.50. The molecule has 3 amide bonds. The number of ether oxygens (including phenoxy) is 1. The Morgan fingerprint density at radius 3 is 2.71 bits per heavy atom. The van der Waals surface area contributed by atoms with Crippen LogP contribution in [0.5, 0.6) is 0 Å². The number of hydroxylamine groups is 1. The number of carbonyl (C=O) groups excluding carboxylic acids is 3. The topological polar surface area (TPSA) is 84.9 Å². The number of amides is 3. The lowest BCUT2D eigenvalue weighted by molar-refractivity contribution is -0.186. The van der Waals surface area contributed by atoms with Crippen molar-refractivity contribution in [1.29, 1.82) is 0 Å². The van der Waals surface area contributed by atoms with Gasteiger partial charge in [0.15, 0.2) is 6.29 Å². The van der Waals surface area contributed by atoms with Gasteiger partial charge in [-0.1, -0.05) is 23.9 Å². The summed E-state index contributed by atoms with van der Waals surface area (Å²) >= 11 is 1.01. The summed E-state index contributed by atoms with van der Waals surface area (Å²) in [4.78, 5) is 41.7. The van der Waals surface area contributed by atoms with Crippen LogP contribution < -0.4 is 5.48 Å². The molecule has 24 heavy (non-hydrogen) atoms. The molecule has 0 bridgehead atoms. The van der Waals surface area contributed by atoms with Crippen molar-refractivity contribution in [3.8, 4) is 0 Å². The van der Waals surface area contributed by atoms with Gasteiger partial charge in [-0.25, -0.2) is 10.3 Å². The fourth-order valence-electron chi connectivity index (χ4n) is 2.46. The highest BCUT2D eigenvalue weighted by atomic mass is 32.2. The normalized spacial score (nSPS) is 21.2. The van der Waals surface area contributed by atoms with E-state index in [0.29, 0.717) is 12.2 Å². The lowest BCUT2D eigenvalue weighted by Gasteiger charge is -2.22. The van der Waals surface area contributed by atoms with E-state index in [1.165, 1.54) is 4.90 Å². The Morgan fingerprint density at radius 2 is 2.08 bits per heavy atom. The van der Waals surface area contributed by atoms with Gasteiger partial charge in [-0.2, -0.15) is 0 Å². The molecule has 1 aromatic rings. The van der Waals surface area contributed by atoms with Gasteiger partial charge >= 0.3 is 0 Å². The third-order valence-corrected chi connectivity index (χ3v) is 4.68. The van der Waals surface area contributed by atoms with E-state index in [1.807, 2.05) is 0 Å². The van der Waals surface area contributed by atoms with Crippen molar-refractivity contribution in [2.24, 2.45) is 0 Å². The van der Waals surface area contributed by atoms with Gasteiger partial charge in [0, 0.05) is 18.6 Å². The van der Waals surface area contributed by atoms with Crippen LogP contribution in [0.4, 0.5) is 4.79 Å². The third kappa shape index (κ3) is 4.14. The smallest absolute Gasteiger partial charge is 0.289 e. The molecule has 2 saturated heterocycles. The minimum absolute atomic E-state index is 0.187. The number of hydrogen-bond donors (Lipinski definition) is 1. The number of thioether (sulfide) groups is 1. The zero-order valence-corrected chi connectivity index (χ0v) is 13.8. The molecular weight excluding hydrogens is 332 g/mol. The summed E-state index contributed by atoms with van der Waals surface area (Å²) in [5.41, 5.74) is 3.61. The first-order valence-corrected chi connectivity index (χ1v) is 8.76. The van der Waals surface area contributed by atoms with Crippen molar-refractivity contribution in [2.75, 3.05) is 12.4 Å². The van der Waals surface area contributed by atoms with E-state index in [9.17, 15) is 14.4 Å². The van der Waals surface area contributed by atoms with Crippen molar-refractivity contribution in [2.45, 2.75) is 32.1 Å². The lowest BCUT2D eigenvalue weighted by atomic mass is 10.1. The average molecular weight is 350 g/mol. The fourth-order valence-corrected chi connectivity index (χ4v) is 3.19. The number of nitrogens with one attached hydrogen (secondary N) is 1. The third-order valence-electron chi connectivity index (χ3n) is 3.82. The Kier molecular flexibility index (Phi) is 5.49. The number of rotatable bonds is 5. The minimum Gasteiger partial charge on any atom is -0.350 e. The van der Waals surface area contributed by atoms with E-state index in [-0.39, 0.29) is 29.4 Å². The summed E-state index contributed by atoms with van der Waals surface area (Å²) in [5.74, 6) is -0.354. The molecular formula is C16H18N2O5S. The molecule has 128 valence electrons. The minimum atomic E-state index is -0.397. The molecule has 0 aliphatic carbocycles. The van der Waals surface area contributed by atoms with Crippen LogP contribution in [0.1, 0.15) is 35.2 Å². The number of carbonyl (C=O) groups is 3. The van der Waals surface area contributed by atoms with E-state index in [2.05, 4.69) is 5.48 Å². The molecule has 1 aromatic carbocycles. The van der Waals surface area contributed by atoms with Crippen molar-refractivity contribution < 1.29 is 24.0 Å². The van der Waals surface area contributed by atoms with Gasteiger partial charge in [0.2, 0.25) is 5.91 Å². The predicted octanol–water partition coefficient (Wildman–Crippen LogP) is 2.07. The first-order valence-electron chi connectivity index (χ1n) is 7.77. The molecule has 2 aliphatic rings. The van der Waals surface area contributed by atoms with Gasteiger partial charge in [-0.05, 0) is 30.5 Å². The van der Waals surface area contributed by atoms with Crippen LogP contribution in [0.3, 0.4) is 0 Å². The van der Waals surface area contributed by atoms with Crippen LogP contribution in [0.25, 0.3) is 0 Å². The Labute approximate surface area is 143 Å². The van der Waals surface area contributed by atoms with Gasteiger partial charge in [-0.15, -0.1) is 0 Å². The maximum Gasteiger partial charge on any atom is 0.289 e. The summed E-state index contributed by atoms with van der Waals surface area (Å²) in [5, 5.41) is -0.234. The summed E-state index contributed by atoms with van der Waals surface area (Å²) in [7, 11) is 0. The Bertz CT molecular complexity index is 612. The number of nitrogens with zero attached hydrogens (tertiary/aromatic N) is 1. The van der Waals surface area contributed by atoms with Crippen LogP contribution in [0.15, 0.2) is 24.3 Å². The molecule has 1 N–H and O–H groups in total. The van der Waals surface area contributed by atoms with Gasteiger partial charge in [-0.3, -0.25) is 19.3 Å². The summed E-state index contributed by atoms with van der Waals surface area (Å²) in [6.07, 6.45) is 2.39. The summed E-state index contributed by atoms with van der Waals surface area (Å²) in [6, 6.07) is 6.70. The maximum absolute atomic E-state index is 12.0. The first-order chi connectivity index (χ1) is 11.6. The van der Waals surface area contributed by atoms with Crippen LogP contribution in [0.2, 0.25) is 0 Å². The quantitative estimate of drug-likeness (QED) is 0.819. The van der Waals surface area contributed by atoms with E-state index < -0.39 is 6.29 Å². The SMILES string of the molecule is O=C(NOC1CCCCO1)c1ccc(CN2C(=O)CSC2=O)cc1. The highest BCUT2D eigenvalue weighted by Gasteiger charge is 2.29. The molecule has 0 saturated carbocycles. The molecule has 2 heterocycles. The van der Waals surface area contributed by atoms with E-state index in [4.69, 9.17) is 9.57 Å². The zero-order valence-electron chi connectivity index (χ0n) is 13.0. The molecule has 0 aromatic heterocycles. The van der Waals surface area contributed by atoms with E-state index in [1.54, 1.807) is 24.3 Å². The summed E-state index contributed by atoms with van der Waals surface area (Å²) < 4.78 is 5.37. The molecule has 3 rings (SSSR count). The highest BCUT2D eigenvalue weighted by molar-refractivity contribution is 8.14. The maximum atomic E-state index is 12.0. The van der Waals surface area contributed by atoms with Crippen LogP contribution in [-0.4, -0.2) is 40.6 Å². The molecule has 0 radical (unpaired) electrons. The van der Waals surface area contributed by atoms with Crippen LogP contribution in [0, 0.1) is 0 Å². The number of benzene rings is 1. The Hall–Kier alpha value is -1.90. The van der Waals surface area contributed by atoms with Crippen molar-refractivity contribution in [3.63, 3.8) is 0 Å². The van der Waals surface area contributed by atoms with Gasteiger partial charge < -0.3 is 4.74 Å². The van der Waals surface area contributed by atoms with Gasteiger partial charge in [0.05, 0.1) is 12.3 Å². The van der Waals surface area contributed by atoms with E-state index in [0.717, 1.165) is 36.6 Å². The second kappa shape index (κ2) is 7.78. The Balaban J connectivity index is 1.52. The predicted molar refractivity (Wildman–Crippen MR) is 87.0 cm³/mol. The van der Waals surface area contributed by atoms with Crippen LogP contribution in [-0.2, 0) is 20.9 Å². The fraction of sp³-hybridized carbons (Fsp3) is 0.438. The molecule has 1 unspecified atom stereocenters. The van der Waals surface area contributed by atoms with Crippen molar-refractivity contribution in [1.82, 2.24) is 10.4 Å².